The Hall–Kier alpha value is -0.550. The second-order valence-electron chi connectivity index (χ2n) is 7.17. The molecule has 1 saturated carbocycles. The second kappa shape index (κ2) is 3.74. The maximum Gasteiger partial charge on any atom is 0.0666 e. The summed E-state index contributed by atoms with van der Waals surface area (Å²) in [7, 11) is 0. The Morgan fingerprint density at radius 1 is 1.38 bits per heavy atom. The van der Waals surface area contributed by atoms with E-state index in [-0.39, 0.29) is 5.92 Å². The van der Waals surface area contributed by atoms with Crippen LogP contribution in [0.15, 0.2) is 0 Å². The van der Waals surface area contributed by atoms with Gasteiger partial charge < -0.3 is 0 Å². The lowest BCUT2D eigenvalue weighted by Gasteiger charge is -2.40. The monoisotopic (exact) mass is 220 g/mol. The molecule has 2 aliphatic rings. The molecular formula is C14H24N2. The lowest BCUT2D eigenvalue weighted by molar-refractivity contribution is 0.126. The summed E-state index contributed by atoms with van der Waals surface area (Å²) in [5.74, 6) is 0.172. The summed E-state index contributed by atoms with van der Waals surface area (Å²) in [5.41, 5.74) is 0.990. The summed E-state index contributed by atoms with van der Waals surface area (Å²) in [4.78, 5) is 2.57. The van der Waals surface area contributed by atoms with Crippen LogP contribution in [0.2, 0.25) is 0 Å². The highest BCUT2D eigenvalue weighted by molar-refractivity contribution is 5.03. The molecule has 0 aromatic heterocycles. The van der Waals surface area contributed by atoms with Gasteiger partial charge in [-0.3, -0.25) is 4.90 Å². The highest BCUT2D eigenvalue weighted by atomic mass is 15.2. The quantitative estimate of drug-likeness (QED) is 0.715. The van der Waals surface area contributed by atoms with Crippen LogP contribution in [0, 0.1) is 28.1 Å². The zero-order chi connectivity index (χ0) is 12.0. The lowest BCUT2D eigenvalue weighted by atomic mass is 9.65. The van der Waals surface area contributed by atoms with Gasteiger partial charge in [-0.25, -0.2) is 0 Å². The molecule has 3 atom stereocenters. The summed E-state index contributed by atoms with van der Waals surface area (Å²) < 4.78 is 0. The van der Waals surface area contributed by atoms with E-state index in [1.165, 1.54) is 25.8 Å². The van der Waals surface area contributed by atoms with Gasteiger partial charge in [0.25, 0.3) is 0 Å². The number of hydrogen-bond donors (Lipinski definition) is 0. The molecule has 0 aromatic rings. The summed E-state index contributed by atoms with van der Waals surface area (Å²) >= 11 is 0. The fourth-order valence-corrected chi connectivity index (χ4v) is 4.18. The van der Waals surface area contributed by atoms with E-state index in [1.54, 1.807) is 0 Å². The Kier molecular flexibility index (Phi) is 2.78. The molecule has 2 fully saturated rings. The Bertz CT molecular complexity index is 315. The van der Waals surface area contributed by atoms with Crippen molar-refractivity contribution in [1.82, 2.24) is 4.90 Å². The van der Waals surface area contributed by atoms with Crippen molar-refractivity contribution >= 4 is 0 Å². The van der Waals surface area contributed by atoms with Crippen molar-refractivity contribution in [3.05, 3.63) is 0 Å². The van der Waals surface area contributed by atoms with Crippen LogP contribution >= 0.6 is 0 Å². The van der Waals surface area contributed by atoms with Gasteiger partial charge in [0.2, 0.25) is 0 Å². The second-order valence-corrected chi connectivity index (χ2v) is 7.17. The highest BCUT2D eigenvalue weighted by Crippen LogP contribution is 2.52. The Balaban J connectivity index is 2.08. The third kappa shape index (κ3) is 2.25. The van der Waals surface area contributed by atoms with Crippen LogP contribution in [0.5, 0.6) is 0 Å². The molecule has 2 bridgehead atoms. The molecule has 0 N–H and O–H groups in total. The molecule has 0 radical (unpaired) electrons. The van der Waals surface area contributed by atoms with Gasteiger partial charge in [-0.1, -0.05) is 20.8 Å². The average molecular weight is 220 g/mol. The van der Waals surface area contributed by atoms with Gasteiger partial charge in [-0.05, 0) is 37.0 Å². The summed E-state index contributed by atoms with van der Waals surface area (Å²) in [6.07, 6.45) is 3.99. The third-order valence-electron chi connectivity index (χ3n) is 4.25. The molecule has 0 amide bonds. The van der Waals surface area contributed by atoms with Crippen molar-refractivity contribution in [1.29, 1.82) is 5.26 Å². The molecular weight excluding hydrogens is 196 g/mol. The molecule has 0 unspecified atom stereocenters. The Morgan fingerprint density at radius 3 is 2.69 bits per heavy atom. The maximum absolute atomic E-state index is 8.93. The van der Waals surface area contributed by atoms with Crippen molar-refractivity contribution in [3.8, 4) is 6.07 Å². The van der Waals surface area contributed by atoms with Crippen molar-refractivity contribution in [2.45, 2.75) is 53.0 Å². The third-order valence-corrected chi connectivity index (χ3v) is 4.25. The van der Waals surface area contributed by atoms with Crippen molar-refractivity contribution < 1.29 is 0 Å². The van der Waals surface area contributed by atoms with Gasteiger partial charge in [0, 0.05) is 19.1 Å². The van der Waals surface area contributed by atoms with Gasteiger partial charge in [-0.2, -0.15) is 5.26 Å². The van der Waals surface area contributed by atoms with Crippen LogP contribution in [-0.2, 0) is 0 Å². The zero-order valence-corrected chi connectivity index (χ0v) is 11.1. The first-order valence-corrected chi connectivity index (χ1v) is 6.47. The van der Waals surface area contributed by atoms with Crippen LogP contribution in [-0.4, -0.2) is 24.0 Å². The van der Waals surface area contributed by atoms with Gasteiger partial charge in [0.05, 0.1) is 12.0 Å². The molecule has 16 heavy (non-hydrogen) atoms. The standard InChI is InChI=1S/C14H24N2/c1-11(7-15)8-16-10-14(4)6-12(16)5-13(2,3)9-14/h11-12H,5-6,8-10H2,1-4H3/t11-,12+,14+/m0/s1. The number of likely N-dealkylation sites (tertiary alicyclic amines) is 1. The van der Waals surface area contributed by atoms with E-state index in [1.807, 2.05) is 6.92 Å². The van der Waals surface area contributed by atoms with Crippen molar-refractivity contribution in [2.75, 3.05) is 13.1 Å². The fourth-order valence-electron chi connectivity index (χ4n) is 4.18. The summed E-state index contributed by atoms with van der Waals surface area (Å²) in [6, 6.07) is 3.09. The van der Waals surface area contributed by atoms with E-state index >= 15 is 0 Å². The minimum absolute atomic E-state index is 0.172. The smallest absolute Gasteiger partial charge is 0.0666 e. The van der Waals surface area contributed by atoms with E-state index in [0.717, 1.165) is 12.6 Å². The lowest BCUT2D eigenvalue weighted by Crippen LogP contribution is -2.36. The van der Waals surface area contributed by atoms with Gasteiger partial charge >= 0.3 is 0 Å². The molecule has 1 saturated heterocycles. The topological polar surface area (TPSA) is 27.0 Å². The molecule has 0 aromatic carbocycles. The SMILES string of the molecule is C[C@@H](C#N)CN1C[C@]2(C)C[C@H]1CC(C)(C)C2. The first kappa shape index (κ1) is 11.9. The van der Waals surface area contributed by atoms with E-state index in [2.05, 4.69) is 31.7 Å². The molecule has 2 rings (SSSR count). The molecule has 0 spiro atoms. The van der Waals surface area contributed by atoms with Crippen LogP contribution in [0.4, 0.5) is 0 Å². The molecule has 2 heteroatoms. The fraction of sp³-hybridized carbons (Fsp3) is 0.929. The molecule has 1 heterocycles. The molecule has 2 nitrogen and oxygen atoms in total. The van der Waals surface area contributed by atoms with Gasteiger partial charge in [0.1, 0.15) is 0 Å². The number of fused-ring (bicyclic) bond motifs is 2. The minimum Gasteiger partial charge on any atom is -0.299 e. The summed E-state index contributed by atoms with van der Waals surface area (Å²) in [5, 5.41) is 8.93. The maximum atomic E-state index is 8.93. The van der Waals surface area contributed by atoms with Crippen molar-refractivity contribution in [3.63, 3.8) is 0 Å². The number of nitriles is 1. The number of hydrogen-bond acceptors (Lipinski definition) is 2. The van der Waals surface area contributed by atoms with Crippen LogP contribution in [0.25, 0.3) is 0 Å². The Labute approximate surface area is 99.6 Å². The summed E-state index contributed by atoms with van der Waals surface area (Å²) in [6.45, 7) is 11.4. The van der Waals surface area contributed by atoms with Crippen LogP contribution in [0.3, 0.4) is 0 Å². The number of rotatable bonds is 2. The highest BCUT2D eigenvalue weighted by Gasteiger charge is 2.49. The number of nitrogens with zero attached hydrogens (tertiary/aromatic N) is 2. The predicted molar refractivity (Wildman–Crippen MR) is 65.9 cm³/mol. The predicted octanol–water partition coefficient (Wildman–Crippen LogP) is 3.05. The van der Waals surface area contributed by atoms with Crippen LogP contribution in [0.1, 0.15) is 47.0 Å². The minimum atomic E-state index is 0.172. The first-order valence-electron chi connectivity index (χ1n) is 6.47. The van der Waals surface area contributed by atoms with E-state index in [4.69, 9.17) is 5.26 Å². The van der Waals surface area contributed by atoms with E-state index < -0.39 is 0 Å². The normalized spacial score (nSPS) is 39.3. The van der Waals surface area contributed by atoms with Crippen molar-refractivity contribution in [2.24, 2.45) is 16.7 Å². The average Bonchev–Trinajstić information content (AvgIpc) is 2.35. The van der Waals surface area contributed by atoms with E-state index in [0.29, 0.717) is 10.8 Å². The van der Waals surface area contributed by atoms with Crippen LogP contribution < -0.4 is 0 Å². The molecule has 1 aliphatic heterocycles. The van der Waals surface area contributed by atoms with E-state index in [9.17, 15) is 0 Å². The molecule has 1 aliphatic carbocycles. The first-order chi connectivity index (χ1) is 7.34. The van der Waals surface area contributed by atoms with Gasteiger partial charge in [-0.15, -0.1) is 0 Å². The van der Waals surface area contributed by atoms with Gasteiger partial charge in [0.15, 0.2) is 0 Å². The molecule has 90 valence electrons. The zero-order valence-electron chi connectivity index (χ0n) is 11.1. The largest absolute Gasteiger partial charge is 0.299 e. The Morgan fingerprint density at radius 2 is 2.06 bits per heavy atom.